The lowest BCUT2D eigenvalue weighted by molar-refractivity contribution is -0.113. The summed E-state index contributed by atoms with van der Waals surface area (Å²) in [6, 6.07) is 20.2. The van der Waals surface area contributed by atoms with Gasteiger partial charge in [0, 0.05) is 17.7 Å². The van der Waals surface area contributed by atoms with Crippen molar-refractivity contribution >= 4 is 39.2 Å². The number of hydrogen-bond acceptors (Lipinski definition) is 3. The number of fused-ring (bicyclic) bond motifs is 1. The van der Waals surface area contributed by atoms with Gasteiger partial charge in [-0.25, -0.2) is 0 Å². The third-order valence-corrected chi connectivity index (χ3v) is 6.24. The van der Waals surface area contributed by atoms with Gasteiger partial charge in [-0.05, 0) is 71.1 Å². The van der Waals surface area contributed by atoms with Crippen molar-refractivity contribution in [3.63, 3.8) is 0 Å². The fourth-order valence-corrected chi connectivity index (χ4v) is 4.65. The number of ether oxygens (including phenoxy) is 2. The van der Waals surface area contributed by atoms with Gasteiger partial charge in [-0.2, -0.15) is 0 Å². The van der Waals surface area contributed by atoms with E-state index in [0.29, 0.717) is 42.7 Å². The maximum Gasteiger partial charge on any atom is 0.259 e. The third kappa shape index (κ3) is 5.20. The Morgan fingerprint density at radius 1 is 1.03 bits per heavy atom. The maximum atomic E-state index is 13.3. The fourth-order valence-electron chi connectivity index (χ4n) is 4.07. The molecule has 0 fully saturated rings. The van der Waals surface area contributed by atoms with E-state index in [-0.39, 0.29) is 5.91 Å². The van der Waals surface area contributed by atoms with E-state index in [1.54, 1.807) is 0 Å². The molecule has 0 aromatic heterocycles. The Bertz CT molecular complexity index is 1210. The van der Waals surface area contributed by atoms with Crippen LogP contribution in [0.15, 0.2) is 65.1 Å². The molecule has 5 heteroatoms. The molecule has 0 radical (unpaired) electrons. The van der Waals surface area contributed by atoms with Crippen LogP contribution in [0.25, 0.3) is 11.6 Å². The molecule has 176 valence electrons. The van der Waals surface area contributed by atoms with E-state index in [9.17, 15) is 4.79 Å². The largest absolute Gasteiger partial charge is 0.490 e. The van der Waals surface area contributed by atoms with Crippen LogP contribution in [0.5, 0.6) is 11.5 Å². The van der Waals surface area contributed by atoms with Gasteiger partial charge in [0.2, 0.25) is 0 Å². The number of para-hydroxylation sites is 1. The molecule has 1 amide bonds. The number of carbonyl (C=O) groups excluding carboxylic acids is 1. The number of hydrogen-bond donors (Lipinski definition) is 0. The first-order chi connectivity index (χ1) is 16.4. The monoisotopic (exact) mass is 519 g/mol. The number of aryl methyl sites for hydroxylation is 1. The third-order valence-electron chi connectivity index (χ3n) is 5.65. The van der Waals surface area contributed by atoms with Gasteiger partial charge < -0.3 is 14.4 Å². The summed E-state index contributed by atoms with van der Waals surface area (Å²) in [5.74, 6) is 1.71. The molecule has 4 nitrogen and oxygen atoms in total. The number of halogens is 1. The molecule has 0 atom stereocenters. The van der Waals surface area contributed by atoms with Crippen molar-refractivity contribution in [2.75, 3.05) is 18.1 Å². The lowest BCUT2D eigenvalue weighted by atomic mass is 10.0. The van der Waals surface area contributed by atoms with E-state index in [1.165, 1.54) is 5.56 Å². The molecular formula is C29H30BrNO3. The number of rotatable bonds is 8. The van der Waals surface area contributed by atoms with E-state index >= 15 is 0 Å². The lowest BCUT2D eigenvalue weighted by Gasteiger charge is -2.19. The number of amides is 1. The first-order valence-corrected chi connectivity index (χ1v) is 12.4. The molecule has 0 aliphatic carbocycles. The van der Waals surface area contributed by atoms with Crippen molar-refractivity contribution in [3.05, 3.63) is 87.4 Å². The molecule has 3 aromatic rings. The zero-order chi connectivity index (χ0) is 24.2. The second-order valence-corrected chi connectivity index (χ2v) is 9.78. The van der Waals surface area contributed by atoms with Gasteiger partial charge in [0.25, 0.3) is 5.91 Å². The molecule has 4 rings (SSSR count). The Balaban J connectivity index is 1.67. The van der Waals surface area contributed by atoms with E-state index in [1.807, 2.05) is 54.3 Å². The zero-order valence-corrected chi connectivity index (χ0v) is 21.7. The molecule has 1 heterocycles. The average molecular weight is 520 g/mol. The summed E-state index contributed by atoms with van der Waals surface area (Å²) >= 11 is 3.66. The summed E-state index contributed by atoms with van der Waals surface area (Å²) in [7, 11) is 0. The lowest BCUT2D eigenvalue weighted by Crippen LogP contribution is -2.30. The maximum absolute atomic E-state index is 13.3. The molecule has 3 aromatic carbocycles. The Hall–Kier alpha value is -3.05. The topological polar surface area (TPSA) is 38.8 Å². The minimum atomic E-state index is 0.0312. The van der Waals surface area contributed by atoms with Crippen LogP contribution in [-0.4, -0.2) is 19.1 Å². The van der Waals surface area contributed by atoms with Crippen molar-refractivity contribution in [1.82, 2.24) is 0 Å². The Labute approximate surface area is 210 Å². The normalized spacial score (nSPS) is 14.1. The van der Waals surface area contributed by atoms with Gasteiger partial charge in [0.05, 0.1) is 16.8 Å². The van der Waals surface area contributed by atoms with Crippen LogP contribution in [0, 0.1) is 12.8 Å². The van der Waals surface area contributed by atoms with Crippen LogP contribution < -0.4 is 14.4 Å². The molecule has 0 N–H and O–H groups in total. The Morgan fingerprint density at radius 3 is 2.47 bits per heavy atom. The fraction of sp³-hybridized carbons (Fsp3) is 0.276. The van der Waals surface area contributed by atoms with Gasteiger partial charge >= 0.3 is 0 Å². The first kappa shape index (κ1) is 24.1. The van der Waals surface area contributed by atoms with Crippen molar-refractivity contribution in [2.45, 2.75) is 34.3 Å². The smallest absolute Gasteiger partial charge is 0.259 e. The van der Waals surface area contributed by atoms with Gasteiger partial charge in [-0.1, -0.05) is 61.9 Å². The quantitative estimate of drug-likeness (QED) is 0.293. The number of anilines is 1. The van der Waals surface area contributed by atoms with Crippen molar-refractivity contribution < 1.29 is 14.3 Å². The predicted octanol–water partition coefficient (Wildman–Crippen LogP) is 7.28. The number of benzene rings is 3. The summed E-state index contributed by atoms with van der Waals surface area (Å²) < 4.78 is 12.9. The number of nitrogens with zero attached hydrogens (tertiary/aromatic N) is 1. The first-order valence-electron chi connectivity index (χ1n) is 11.6. The van der Waals surface area contributed by atoms with Crippen LogP contribution in [0.2, 0.25) is 0 Å². The molecule has 34 heavy (non-hydrogen) atoms. The molecule has 1 aliphatic rings. The van der Waals surface area contributed by atoms with Crippen LogP contribution in [0.3, 0.4) is 0 Å². The predicted molar refractivity (Wildman–Crippen MR) is 142 cm³/mol. The Morgan fingerprint density at radius 2 is 1.76 bits per heavy atom. The molecule has 0 saturated heterocycles. The highest BCUT2D eigenvalue weighted by Crippen LogP contribution is 2.41. The summed E-state index contributed by atoms with van der Waals surface area (Å²) in [6.45, 7) is 9.90. The molecule has 0 saturated carbocycles. The van der Waals surface area contributed by atoms with Gasteiger partial charge in [-0.3, -0.25) is 4.79 Å². The van der Waals surface area contributed by atoms with Gasteiger partial charge in [0.15, 0.2) is 11.5 Å². The van der Waals surface area contributed by atoms with Gasteiger partial charge in [0.1, 0.15) is 6.61 Å². The second-order valence-electron chi connectivity index (χ2n) is 8.92. The van der Waals surface area contributed by atoms with E-state index in [2.05, 4.69) is 61.0 Å². The summed E-state index contributed by atoms with van der Waals surface area (Å²) in [4.78, 5) is 15.2. The van der Waals surface area contributed by atoms with Crippen molar-refractivity contribution in [3.8, 4) is 11.5 Å². The molecule has 0 unspecified atom stereocenters. The van der Waals surface area contributed by atoms with Crippen LogP contribution in [0.4, 0.5) is 5.69 Å². The highest BCUT2D eigenvalue weighted by molar-refractivity contribution is 9.10. The van der Waals surface area contributed by atoms with E-state index < -0.39 is 0 Å². The van der Waals surface area contributed by atoms with Crippen LogP contribution in [0.1, 0.15) is 43.0 Å². The zero-order valence-electron chi connectivity index (χ0n) is 20.1. The van der Waals surface area contributed by atoms with Crippen LogP contribution in [-0.2, 0) is 11.4 Å². The highest BCUT2D eigenvalue weighted by Gasteiger charge is 2.32. The van der Waals surface area contributed by atoms with E-state index in [4.69, 9.17) is 9.47 Å². The SMILES string of the molecule is CCOc1cc(/C=C2\C(=O)N(CC(C)C)c3ccccc32)cc(Br)c1OCc1ccc(C)cc1. The van der Waals surface area contributed by atoms with Crippen molar-refractivity contribution in [1.29, 1.82) is 0 Å². The molecule has 0 spiro atoms. The summed E-state index contributed by atoms with van der Waals surface area (Å²) in [6.07, 6.45) is 1.94. The van der Waals surface area contributed by atoms with Gasteiger partial charge in [-0.15, -0.1) is 0 Å². The number of carbonyl (C=O) groups is 1. The molecule has 0 bridgehead atoms. The Kier molecular flexibility index (Phi) is 7.42. The minimum absolute atomic E-state index is 0.0312. The minimum Gasteiger partial charge on any atom is -0.490 e. The highest BCUT2D eigenvalue weighted by atomic mass is 79.9. The standard InChI is InChI=1S/C29H30BrNO3/c1-5-33-27-16-22(15-25(30)28(27)34-18-21-12-10-20(4)11-13-21)14-24-23-8-6-7-9-26(23)31(29(24)32)17-19(2)3/h6-16,19H,5,17-18H2,1-4H3/b24-14-. The average Bonchev–Trinajstić information content (AvgIpc) is 3.05. The van der Waals surface area contributed by atoms with Crippen molar-refractivity contribution in [2.24, 2.45) is 5.92 Å². The molecule has 1 aliphatic heterocycles. The second kappa shape index (κ2) is 10.5. The summed E-state index contributed by atoms with van der Waals surface area (Å²) in [5, 5.41) is 0. The molecular weight excluding hydrogens is 490 g/mol. The van der Waals surface area contributed by atoms with E-state index in [0.717, 1.165) is 26.9 Å². The summed E-state index contributed by atoms with van der Waals surface area (Å²) in [5.41, 5.74) is 5.80. The van der Waals surface area contributed by atoms with Crippen LogP contribution >= 0.6 is 15.9 Å².